The molecule has 3 amide bonds. The number of carbonyl (C=O) groups excluding carboxylic acids is 3. The minimum absolute atomic E-state index is 0.0181. The normalized spacial score (nSPS) is 15.1. The second-order valence-corrected chi connectivity index (χ2v) is 7.27. The van der Waals surface area contributed by atoms with Gasteiger partial charge < -0.3 is 15.2 Å². The molecule has 0 aliphatic carbocycles. The molecular formula is C21H20N2O5S. The molecule has 1 saturated heterocycles. The van der Waals surface area contributed by atoms with Gasteiger partial charge >= 0.3 is 0 Å². The Morgan fingerprint density at radius 3 is 2.59 bits per heavy atom. The van der Waals surface area contributed by atoms with Crippen LogP contribution >= 0.6 is 11.8 Å². The zero-order valence-corrected chi connectivity index (χ0v) is 16.6. The lowest BCUT2D eigenvalue weighted by atomic mass is 10.2. The molecule has 0 atom stereocenters. The quantitative estimate of drug-likeness (QED) is 0.530. The first-order chi connectivity index (χ1) is 14.0. The zero-order chi connectivity index (χ0) is 20.8. The van der Waals surface area contributed by atoms with Crippen LogP contribution in [0.15, 0.2) is 53.4 Å². The minimum atomic E-state index is -0.364. The number of para-hydroxylation sites is 2. The Labute approximate surface area is 172 Å². The van der Waals surface area contributed by atoms with Gasteiger partial charge in [-0.15, -0.1) is 0 Å². The van der Waals surface area contributed by atoms with Gasteiger partial charge in [-0.1, -0.05) is 24.3 Å². The molecule has 1 aliphatic rings. The molecule has 2 N–H and O–H groups in total. The predicted octanol–water partition coefficient (Wildman–Crippen LogP) is 3.86. The average Bonchev–Trinajstić information content (AvgIpc) is 2.97. The number of anilines is 1. The number of hydrogen-bond donors (Lipinski definition) is 2. The van der Waals surface area contributed by atoms with Crippen LogP contribution in [0.3, 0.4) is 0 Å². The number of nitrogens with one attached hydrogen (secondary N) is 1. The van der Waals surface area contributed by atoms with Crippen molar-refractivity contribution in [3.63, 3.8) is 0 Å². The molecule has 0 bridgehead atoms. The average molecular weight is 412 g/mol. The largest absolute Gasteiger partial charge is 0.506 e. The number of carbonyl (C=O) groups is 3. The number of benzene rings is 2. The van der Waals surface area contributed by atoms with E-state index in [-0.39, 0.29) is 35.8 Å². The Balaban J connectivity index is 1.54. The van der Waals surface area contributed by atoms with Crippen LogP contribution in [-0.2, 0) is 9.59 Å². The van der Waals surface area contributed by atoms with Crippen molar-refractivity contribution in [3.05, 3.63) is 59.0 Å². The molecule has 1 fully saturated rings. The first kappa shape index (κ1) is 20.5. The summed E-state index contributed by atoms with van der Waals surface area (Å²) in [6.07, 6.45) is 2.11. The van der Waals surface area contributed by atoms with E-state index in [2.05, 4.69) is 5.32 Å². The van der Waals surface area contributed by atoms with Crippen LogP contribution < -0.4 is 10.1 Å². The van der Waals surface area contributed by atoms with E-state index in [9.17, 15) is 19.5 Å². The fourth-order valence-electron chi connectivity index (χ4n) is 2.73. The van der Waals surface area contributed by atoms with Crippen LogP contribution in [0.25, 0.3) is 6.08 Å². The third-order valence-electron chi connectivity index (χ3n) is 4.25. The Kier molecular flexibility index (Phi) is 6.56. The third-order valence-corrected chi connectivity index (χ3v) is 5.16. The van der Waals surface area contributed by atoms with Crippen LogP contribution in [0.4, 0.5) is 10.5 Å². The summed E-state index contributed by atoms with van der Waals surface area (Å²) in [6, 6.07) is 13.6. The molecule has 0 saturated carbocycles. The highest BCUT2D eigenvalue weighted by molar-refractivity contribution is 8.18. The second-order valence-electron chi connectivity index (χ2n) is 6.28. The van der Waals surface area contributed by atoms with Gasteiger partial charge in [0.2, 0.25) is 5.91 Å². The number of hydrogen-bond acceptors (Lipinski definition) is 6. The first-order valence-corrected chi connectivity index (χ1v) is 9.77. The summed E-state index contributed by atoms with van der Waals surface area (Å²) >= 11 is 0.884. The molecule has 150 valence electrons. The third kappa shape index (κ3) is 5.17. The SMILES string of the molecule is COc1ccc(/C=C2/SC(=O)N(CCCC(=O)Nc3ccccc3O)C2=O)cc1. The van der Waals surface area contributed by atoms with Gasteiger partial charge in [0, 0.05) is 13.0 Å². The van der Waals surface area contributed by atoms with Crippen LogP contribution in [0.2, 0.25) is 0 Å². The molecule has 29 heavy (non-hydrogen) atoms. The Hall–Kier alpha value is -3.26. The number of nitrogens with zero attached hydrogens (tertiary/aromatic N) is 1. The summed E-state index contributed by atoms with van der Waals surface area (Å²) < 4.78 is 5.10. The van der Waals surface area contributed by atoms with E-state index >= 15 is 0 Å². The molecule has 3 rings (SSSR count). The summed E-state index contributed by atoms with van der Waals surface area (Å²) in [7, 11) is 1.57. The van der Waals surface area contributed by atoms with Crippen molar-refractivity contribution in [3.8, 4) is 11.5 Å². The number of amides is 3. The molecule has 7 nitrogen and oxygen atoms in total. The fraction of sp³-hybridized carbons (Fsp3) is 0.190. The van der Waals surface area contributed by atoms with Crippen molar-refractivity contribution in [1.82, 2.24) is 4.90 Å². The topological polar surface area (TPSA) is 95.9 Å². The second kappa shape index (κ2) is 9.29. The number of aromatic hydroxyl groups is 1. The van der Waals surface area contributed by atoms with E-state index in [0.29, 0.717) is 22.8 Å². The summed E-state index contributed by atoms with van der Waals surface area (Å²) in [5, 5.41) is 11.9. The lowest BCUT2D eigenvalue weighted by Gasteiger charge is -2.12. The summed E-state index contributed by atoms with van der Waals surface area (Å²) in [6.45, 7) is 0.152. The van der Waals surface area contributed by atoms with Gasteiger partial charge in [0.15, 0.2) is 0 Å². The van der Waals surface area contributed by atoms with Crippen LogP contribution in [0.1, 0.15) is 18.4 Å². The maximum atomic E-state index is 12.5. The molecule has 0 radical (unpaired) electrons. The number of phenolic OH excluding ortho intramolecular Hbond substituents is 1. The smallest absolute Gasteiger partial charge is 0.293 e. The fourth-order valence-corrected chi connectivity index (χ4v) is 3.60. The van der Waals surface area contributed by atoms with Crippen molar-refractivity contribution in [1.29, 1.82) is 0 Å². The number of thioether (sulfide) groups is 1. The lowest BCUT2D eigenvalue weighted by molar-refractivity contribution is -0.123. The molecule has 1 aliphatic heterocycles. The van der Waals surface area contributed by atoms with Gasteiger partial charge in [-0.2, -0.15) is 0 Å². The van der Waals surface area contributed by atoms with E-state index < -0.39 is 0 Å². The van der Waals surface area contributed by atoms with Crippen LogP contribution in [0.5, 0.6) is 11.5 Å². The molecule has 2 aromatic rings. The number of methoxy groups -OCH3 is 1. The van der Waals surface area contributed by atoms with Gasteiger partial charge in [0.1, 0.15) is 11.5 Å². The maximum absolute atomic E-state index is 12.5. The number of phenols is 1. The van der Waals surface area contributed by atoms with Gasteiger partial charge in [-0.3, -0.25) is 19.3 Å². The standard InChI is InChI=1S/C21H20N2O5S/c1-28-15-10-8-14(9-11-15)13-18-20(26)23(21(27)29-18)12-4-7-19(25)22-16-5-2-3-6-17(16)24/h2-3,5-6,8-11,13,24H,4,7,12H2,1H3,(H,22,25)/b18-13+. The highest BCUT2D eigenvalue weighted by atomic mass is 32.2. The molecule has 0 spiro atoms. The minimum Gasteiger partial charge on any atom is -0.506 e. The number of rotatable bonds is 7. The Morgan fingerprint density at radius 1 is 1.17 bits per heavy atom. The lowest BCUT2D eigenvalue weighted by Crippen LogP contribution is -2.29. The van der Waals surface area contributed by atoms with E-state index in [1.807, 2.05) is 0 Å². The van der Waals surface area contributed by atoms with Gasteiger partial charge in [-0.25, -0.2) is 0 Å². The monoisotopic (exact) mass is 412 g/mol. The van der Waals surface area contributed by atoms with E-state index in [1.165, 1.54) is 6.07 Å². The van der Waals surface area contributed by atoms with Crippen molar-refractivity contribution >= 4 is 40.6 Å². The van der Waals surface area contributed by atoms with Crippen molar-refractivity contribution in [2.45, 2.75) is 12.8 Å². The van der Waals surface area contributed by atoms with E-state index in [4.69, 9.17) is 4.74 Å². The predicted molar refractivity (Wildman–Crippen MR) is 112 cm³/mol. The molecule has 2 aromatic carbocycles. The Bertz CT molecular complexity index is 956. The molecular weight excluding hydrogens is 392 g/mol. The first-order valence-electron chi connectivity index (χ1n) is 8.95. The van der Waals surface area contributed by atoms with Crippen molar-refractivity contribution in [2.24, 2.45) is 0 Å². The van der Waals surface area contributed by atoms with E-state index in [1.54, 1.807) is 55.7 Å². The van der Waals surface area contributed by atoms with Crippen LogP contribution in [-0.4, -0.2) is 40.7 Å². The number of imide groups is 1. The van der Waals surface area contributed by atoms with Gasteiger partial charge in [0.25, 0.3) is 11.1 Å². The summed E-state index contributed by atoms with van der Waals surface area (Å²) in [5.74, 6) is 0.0250. The zero-order valence-electron chi connectivity index (χ0n) is 15.8. The van der Waals surface area contributed by atoms with Crippen molar-refractivity contribution < 1.29 is 24.2 Å². The molecule has 8 heteroatoms. The number of ether oxygens (including phenoxy) is 1. The Morgan fingerprint density at radius 2 is 1.90 bits per heavy atom. The molecule has 1 heterocycles. The summed E-state index contributed by atoms with van der Waals surface area (Å²) in [4.78, 5) is 38.2. The highest BCUT2D eigenvalue weighted by Crippen LogP contribution is 2.32. The summed E-state index contributed by atoms with van der Waals surface area (Å²) in [5.41, 5.74) is 1.12. The molecule has 0 unspecified atom stereocenters. The van der Waals surface area contributed by atoms with Gasteiger partial charge in [0.05, 0.1) is 17.7 Å². The van der Waals surface area contributed by atoms with Crippen molar-refractivity contribution in [2.75, 3.05) is 19.0 Å². The van der Waals surface area contributed by atoms with Crippen LogP contribution in [0, 0.1) is 0 Å². The highest BCUT2D eigenvalue weighted by Gasteiger charge is 2.34. The van der Waals surface area contributed by atoms with E-state index in [0.717, 1.165) is 22.2 Å². The van der Waals surface area contributed by atoms with Gasteiger partial charge in [-0.05, 0) is 54.1 Å². The maximum Gasteiger partial charge on any atom is 0.293 e. The molecule has 0 aromatic heterocycles.